The Labute approximate surface area is 142 Å². The predicted molar refractivity (Wildman–Crippen MR) is 84.6 cm³/mol. The highest BCUT2D eigenvalue weighted by Crippen LogP contribution is 2.22. The van der Waals surface area contributed by atoms with Gasteiger partial charge in [0, 0.05) is 25.5 Å². The van der Waals surface area contributed by atoms with Crippen LogP contribution >= 0.6 is 11.3 Å². The first-order valence-corrected chi connectivity index (χ1v) is 8.93. The van der Waals surface area contributed by atoms with Gasteiger partial charge >= 0.3 is 5.97 Å². The Kier molecular flexibility index (Phi) is 5.06. The molecule has 0 radical (unpaired) electrons. The molecule has 9 nitrogen and oxygen atoms in total. The lowest BCUT2D eigenvalue weighted by atomic mass is 10.4. The molecule has 0 spiro atoms. The van der Waals surface area contributed by atoms with Crippen molar-refractivity contribution in [3.63, 3.8) is 0 Å². The fraction of sp³-hybridized carbons (Fsp3) is 0.308. The van der Waals surface area contributed by atoms with Crippen molar-refractivity contribution in [1.82, 2.24) is 14.6 Å². The molecule has 2 aromatic heterocycles. The molecule has 24 heavy (non-hydrogen) atoms. The van der Waals surface area contributed by atoms with Crippen LogP contribution in [-0.4, -0.2) is 48.8 Å². The molecule has 0 aliphatic rings. The van der Waals surface area contributed by atoms with Gasteiger partial charge in [-0.1, -0.05) is 0 Å². The van der Waals surface area contributed by atoms with Crippen LogP contribution in [0, 0.1) is 6.92 Å². The van der Waals surface area contributed by atoms with Crippen LogP contribution in [0.3, 0.4) is 0 Å². The van der Waals surface area contributed by atoms with E-state index >= 15 is 0 Å². The van der Waals surface area contributed by atoms with Gasteiger partial charge in [-0.05, 0) is 6.92 Å². The summed E-state index contributed by atoms with van der Waals surface area (Å²) in [4.78, 5) is 26.6. The molecule has 0 unspecified atom stereocenters. The van der Waals surface area contributed by atoms with Gasteiger partial charge in [0.15, 0.2) is 11.5 Å². The van der Waals surface area contributed by atoms with Gasteiger partial charge in [-0.2, -0.15) is 0 Å². The molecule has 2 heterocycles. The topological polar surface area (TPSA) is 130 Å². The maximum absolute atomic E-state index is 12.1. The SMILES string of the molecule is Cc1oc(C(=O)NCc2nc(C(=O)O)cs2)cc1S(=O)(=O)N(C)C. The Hall–Kier alpha value is -2.24. The normalized spacial score (nSPS) is 11.7. The van der Waals surface area contributed by atoms with Crippen LogP contribution in [0.25, 0.3) is 0 Å². The Morgan fingerprint density at radius 1 is 1.42 bits per heavy atom. The summed E-state index contributed by atoms with van der Waals surface area (Å²) in [5, 5.41) is 13.1. The zero-order chi connectivity index (χ0) is 18.1. The molecule has 0 aromatic carbocycles. The first-order valence-electron chi connectivity index (χ1n) is 6.61. The van der Waals surface area contributed by atoms with Crippen LogP contribution in [-0.2, 0) is 16.6 Å². The number of hydrogen-bond donors (Lipinski definition) is 2. The van der Waals surface area contributed by atoms with Crippen molar-refractivity contribution >= 4 is 33.2 Å². The van der Waals surface area contributed by atoms with Gasteiger partial charge in [0.2, 0.25) is 10.0 Å². The second-order valence-electron chi connectivity index (χ2n) is 4.93. The number of aromatic nitrogens is 1. The first-order chi connectivity index (χ1) is 11.1. The molecule has 0 saturated carbocycles. The number of furan rings is 1. The van der Waals surface area contributed by atoms with Crippen LogP contribution in [0.5, 0.6) is 0 Å². The zero-order valence-electron chi connectivity index (χ0n) is 13.1. The van der Waals surface area contributed by atoms with E-state index in [4.69, 9.17) is 9.52 Å². The van der Waals surface area contributed by atoms with Gasteiger partial charge in [-0.15, -0.1) is 11.3 Å². The van der Waals surface area contributed by atoms with Gasteiger partial charge in [0.05, 0.1) is 6.54 Å². The highest BCUT2D eigenvalue weighted by Gasteiger charge is 2.25. The fourth-order valence-corrected chi connectivity index (χ4v) is 3.53. The van der Waals surface area contributed by atoms with Crippen molar-refractivity contribution in [2.45, 2.75) is 18.4 Å². The van der Waals surface area contributed by atoms with E-state index in [1.165, 1.54) is 26.4 Å². The number of aryl methyl sites for hydroxylation is 1. The van der Waals surface area contributed by atoms with Crippen molar-refractivity contribution in [3.8, 4) is 0 Å². The maximum Gasteiger partial charge on any atom is 0.355 e. The van der Waals surface area contributed by atoms with Gasteiger partial charge in [0.1, 0.15) is 15.7 Å². The van der Waals surface area contributed by atoms with Gasteiger partial charge < -0.3 is 14.8 Å². The monoisotopic (exact) mass is 373 g/mol. The number of carbonyl (C=O) groups is 2. The highest BCUT2D eigenvalue weighted by atomic mass is 32.2. The fourth-order valence-electron chi connectivity index (χ4n) is 1.76. The zero-order valence-corrected chi connectivity index (χ0v) is 14.7. The summed E-state index contributed by atoms with van der Waals surface area (Å²) < 4.78 is 30.4. The number of rotatable bonds is 6. The molecule has 0 aliphatic heterocycles. The van der Waals surface area contributed by atoms with E-state index < -0.39 is 21.9 Å². The lowest BCUT2D eigenvalue weighted by molar-refractivity contribution is 0.0691. The van der Waals surface area contributed by atoms with Crippen molar-refractivity contribution in [3.05, 3.63) is 33.7 Å². The third-order valence-electron chi connectivity index (χ3n) is 3.03. The van der Waals surface area contributed by atoms with E-state index in [2.05, 4.69) is 10.3 Å². The number of carboxylic acid groups (broad SMARTS) is 1. The Morgan fingerprint density at radius 2 is 2.08 bits per heavy atom. The van der Waals surface area contributed by atoms with Crippen LogP contribution in [0.15, 0.2) is 20.8 Å². The summed E-state index contributed by atoms with van der Waals surface area (Å²) in [7, 11) is -0.952. The van der Waals surface area contributed by atoms with Crippen molar-refractivity contribution < 1.29 is 27.5 Å². The molecular weight excluding hydrogens is 358 g/mol. The number of nitrogens with zero attached hydrogens (tertiary/aromatic N) is 2. The smallest absolute Gasteiger partial charge is 0.355 e. The van der Waals surface area contributed by atoms with Crippen LogP contribution < -0.4 is 5.32 Å². The van der Waals surface area contributed by atoms with E-state index in [0.717, 1.165) is 21.7 Å². The second-order valence-corrected chi connectivity index (χ2v) is 8.00. The number of thiazole rings is 1. The highest BCUT2D eigenvalue weighted by molar-refractivity contribution is 7.89. The molecule has 0 atom stereocenters. The summed E-state index contributed by atoms with van der Waals surface area (Å²) in [6.07, 6.45) is 0. The third-order valence-corrected chi connectivity index (χ3v) is 5.80. The Balaban J connectivity index is 2.12. The van der Waals surface area contributed by atoms with Crippen LogP contribution in [0.4, 0.5) is 0 Å². The standard InChI is InChI=1S/C13H15N3O6S2/c1-7-10(24(20,21)16(2)3)4-9(22-7)12(17)14-5-11-15-8(6-23-11)13(18)19/h4,6H,5H2,1-3H3,(H,14,17)(H,18,19). The van der Waals surface area contributed by atoms with E-state index in [-0.39, 0.29) is 28.7 Å². The number of aromatic carboxylic acids is 1. The number of sulfonamides is 1. The molecule has 2 aromatic rings. The van der Waals surface area contributed by atoms with Gasteiger partial charge in [-0.3, -0.25) is 4.79 Å². The predicted octanol–water partition coefficient (Wildman–Crippen LogP) is 0.923. The lowest BCUT2D eigenvalue weighted by Gasteiger charge is -2.09. The van der Waals surface area contributed by atoms with Crippen molar-refractivity contribution in [1.29, 1.82) is 0 Å². The summed E-state index contributed by atoms with van der Waals surface area (Å²) in [6.45, 7) is 1.46. The average molecular weight is 373 g/mol. The number of amides is 1. The molecule has 1 amide bonds. The summed E-state index contributed by atoms with van der Waals surface area (Å²) in [5.74, 6) is -1.81. The Morgan fingerprint density at radius 3 is 2.62 bits per heavy atom. The summed E-state index contributed by atoms with van der Waals surface area (Å²) in [6, 6.07) is 1.16. The van der Waals surface area contributed by atoms with Crippen molar-refractivity contribution in [2.24, 2.45) is 0 Å². The molecule has 2 rings (SSSR count). The third kappa shape index (κ3) is 3.63. The molecule has 0 bridgehead atoms. The Bertz CT molecular complexity index is 881. The number of nitrogens with one attached hydrogen (secondary N) is 1. The number of hydrogen-bond acceptors (Lipinski definition) is 7. The van der Waals surface area contributed by atoms with Crippen LogP contribution in [0.2, 0.25) is 0 Å². The molecular formula is C13H15N3O6S2. The average Bonchev–Trinajstić information content (AvgIpc) is 3.11. The maximum atomic E-state index is 12.1. The second kappa shape index (κ2) is 6.71. The minimum absolute atomic E-state index is 0.00624. The summed E-state index contributed by atoms with van der Waals surface area (Å²) in [5.41, 5.74) is -0.0996. The quantitative estimate of drug-likeness (QED) is 0.770. The van der Waals surface area contributed by atoms with E-state index in [0.29, 0.717) is 5.01 Å². The van der Waals surface area contributed by atoms with E-state index in [1.807, 2.05) is 0 Å². The first kappa shape index (κ1) is 18.1. The van der Waals surface area contributed by atoms with Gasteiger partial charge in [0.25, 0.3) is 5.91 Å². The molecule has 2 N–H and O–H groups in total. The minimum atomic E-state index is -3.71. The van der Waals surface area contributed by atoms with E-state index in [1.54, 1.807) is 0 Å². The number of carboxylic acids is 1. The molecule has 0 aliphatic carbocycles. The molecule has 0 fully saturated rings. The minimum Gasteiger partial charge on any atom is -0.476 e. The number of carbonyl (C=O) groups excluding carboxylic acids is 1. The lowest BCUT2D eigenvalue weighted by Crippen LogP contribution is -2.23. The molecule has 11 heteroatoms. The molecule has 130 valence electrons. The van der Waals surface area contributed by atoms with Crippen LogP contribution in [0.1, 0.15) is 31.8 Å². The largest absolute Gasteiger partial charge is 0.476 e. The molecule has 0 saturated heterocycles. The van der Waals surface area contributed by atoms with Gasteiger partial charge in [-0.25, -0.2) is 22.5 Å². The summed E-state index contributed by atoms with van der Waals surface area (Å²) >= 11 is 1.09. The van der Waals surface area contributed by atoms with E-state index in [9.17, 15) is 18.0 Å². The van der Waals surface area contributed by atoms with Crippen molar-refractivity contribution in [2.75, 3.05) is 14.1 Å².